The van der Waals surface area contributed by atoms with E-state index in [2.05, 4.69) is 6.07 Å². The Labute approximate surface area is 222 Å². The van der Waals surface area contributed by atoms with Crippen LogP contribution >= 0.6 is 23.5 Å². The number of hydrogen-bond donors (Lipinski definition) is 0. The molecule has 0 unspecified atom stereocenters. The number of carbonyl (C=O) groups is 3. The highest BCUT2D eigenvalue weighted by molar-refractivity contribution is 8.24. The Hall–Kier alpha value is -2.64. The predicted molar refractivity (Wildman–Crippen MR) is 143 cm³/mol. The molecule has 2 amide bonds. The Balaban J connectivity index is 2.73. The van der Waals surface area contributed by atoms with Crippen LogP contribution in [0.3, 0.4) is 0 Å². The van der Waals surface area contributed by atoms with Gasteiger partial charge in [-0.2, -0.15) is 5.26 Å². The summed E-state index contributed by atoms with van der Waals surface area (Å²) in [7, 11) is 0. The molecule has 10 heteroatoms. The molecule has 0 fully saturated rings. The normalized spacial score (nSPS) is 12.5. The first-order valence-corrected chi connectivity index (χ1v) is 13.6. The third kappa shape index (κ3) is 6.01. The fourth-order valence-corrected chi connectivity index (χ4v) is 6.17. The summed E-state index contributed by atoms with van der Waals surface area (Å²) in [6.45, 7) is 18.3. The van der Waals surface area contributed by atoms with Crippen LogP contribution in [-0.4, -0.2) is 53.9 Å². The van der Waals surface area contributed by atoms with Gasteiger partial charge in [-0.15, -0.1) is 0 Å². The number of nitriles is 1. The summed E-state index contributed by atoms with van der Waals surface area (Å²) >= 11 is 2.38. The first-order valence-electron chi connectivity index (χ1n) is 12.0. The molecule has 0 saturated carbocycles. The highest BCUT2D eigenvalue weighted by Crippen LogP contribution is 2.61. The number of carbonyl (C=O) groups excluding carboxylic acids is 3. The molecule has 0 atom stereocenters. The zero-order valence-electron chi connectivity index (χ0n) is 22.5. The van der Waals surface area contributed by atoms with Crippen molar-refractivity contribution in [2.24, 2.45) is 5.41 Å². The molecule has 0 aliphatic carbocycles. The predicted octanol–water partition coefficient (Wildman–Crippen LogP) is 6.53. The summed E-state index contributed by atoms with van der Waals surface area (Å²) in [5.74, 6) is 0.398. The summed E-state index contributed by atoms with van der Waals surface area (Å²) in [5, 5.41) is 9.87. The van der Waals surface area contributed by atoms with Crippen molar-refractivity contribution in [3.8, 4) is 17.6 Å². The first kappa shape index (κ1) is 29.6. The first-order chi connectivity index (χ1) is 16.9. The number of nitrogens with zero attached hydrogens (tertiary/aromatic N) is 3. The van der Waals surface area contributed by atoms with Crippen LogP contribution in [0, 0.1) is 30.6 Å². The monoisotopic (exact) mass is 533 g/mol. The SMILES string of the molecule is CCN(CC)C(=O)Oc1c(C)c(C)c(OC(=O)N(CC)CC)c2c1SC(=C(C#N)C(=O)C(C)(C)C)S2. The summed E-state index contributed by atoms with van der Waals surface area (Å²) in [5.41, 5.74) is 0.569. The number of rotatable bonds is 7. The molecule has 2 rings (SSSR count). The number of fused-ring (bicyclic) bond motifs is 1. The van der Waals surface area contributed by atoms with E-state index in [1.165, 1.54) is 23.5 Å². The molecule has 36 heavy (non-hydrogen) atoms. The fourth-order valence-electron chi connectivity index (χ4n) is 3.46. The molecule has 0 spiro atoms. The van der Waals surface area contributed by atoms with Gasteiger partial charge in [0, 0.05) is 31.6 Å². The number of thioether (sulfide) groups is 2. The largest absolute Gasteiger partial charge is 0.415 e. The summed E-state index contributed by atoms with van der Waals surface area (Å²) < 4.78 is 12.2. The number of ether oxygens (including phenoxy) is 2. The van der Waals surface area contributed by atoms with Gasteiger partial charge in [-0.05, 0) is 52.7 Å². The highest BCUT2D eigenvalue weighted by atomic mass is 32.2. The van der Waals surface area contributed by atoms with E-state index >= 15 is 0 Å². The minimum atomic E-state index is -0.754. The summed E-state index contributed by atoms with van der Waals surface area (Å²) in [6, 6.07) is 2.06. The maximum absolute atomic E-state index is 13.0. The van der Waals surface area contributed by atoms with E-state index in [-0.39, 0.29) is 11.4 Å². The van der Waals surface area contributed by atoms with Gasteiger partial charge in [-0.3, -0.25) is 4.79 Å². The molecular formula is C26H35N3O5S2. The fraction of sp³-hybridized carbons (Fsp3) is 0.538. The van der Waals surface area contributed by atoms with E-state index in [0.29, 0.717) is 62.8 Å². The van der Waals surface area contributed by atoms with Crippen molar-refractivity contribution in [3.05, 3.63) is 20.9 Å². The zero-order valence-corrected chi connectivity index (χ0v) is 24.2. The van der Waals surface area contributed by atoms with Crippen LogP contribution in [0.4, 0.5) is 9.59 Å². The van der Waals surface area contributed by atoms with Gasteiger partial charge < -0.3 is 19.3 Å². The lowest BCUT2D eigenvalue weighted by atomic mass is 9.87. The van der Waals surface area contributed by atoms with Crippen LogP contribution in [0.25, 0.3) is 0 Å². The third-order valence-electron chi connectivity index (χ3n) is 5.90. The number of allylic oxidation sites excluding steroid dienone is 1. The average Bonchev–Trinajstić information content (AvgIpc) is 3.25. The third-order valence-corrected chi connectivity index (χ3v) is 8.49. The quantitative estimate of drug-likeness (QED) is 0.288. The molecule has 0 aromatic heterocycles. The number of Topliss-reactive ketones (excluding diaryl/α,β-unsaturated/α-hetero) is 1. The second-order valence-electron chi connectivity index (χ2n) is 9.20. The van der Waals surface area contributed by atoms with Crippen molar-refractivity contribution < 1.29 is 23.9 Å². The van der Waals surface area contributed by atoms with Crippen LogP contribution in [0.15, 0.2) is 19.6 Å². The van der Waals surface area contributed by atoms with Crippen molar-refractivity contribution in [2.45, 2.75) is 72.1 Å². The Morgan fingerprint density at radius 2 is 1.17 bits per heavy atom. The summed E-state index contributed by atoms with van der Waals surface area (Å²) in [4.78, 5) is 43.0. The molecule has 1 aromatic rings. The molecular weight excluding hydrogens is 498 g/mol. The van der Waals surface area contributed by atoms with Gasteiger partial charge in [0.15, 0.2) is 17.3 Å². The lowest BCUT2D eigenvalue weighted by Gasteiger charge is -2.23. The van der Waals surface area contributed by atoms with Gasteiger partial charge in [-0.25, -0.2) is 9.59 Å². The number of hydrogen-bond acceptors (Lipinski definition) is 8. The van der Waals surface area contributed by atoms with Gasteiger partial charge in [0.1, 0.15) is 11.6 Å². The van der Waals surface area contributed by atoms with Crippen molar-refractivity contribution in [2.75, 3.05) is 26.2 Å². The Kier molecular flexibility index (Phi) is 9.92. The van der Waals surface area contributed by atoms with E-state index < -0.39 is 17.6 Å². The minimum Gasteiger partial charge on any atom is -0.409 e. The molecule has 0 bridgehead atoms. The second-order valence-corrected chi connectivity index (χ2v) is 11.5. The van der Waals surface area contributed by atoms with E-state index in [9.17, 15) is 19.6 Å². The van der Waals surface area contributed by atoms with E-state index in [4.69, 9.17) is 9.47 Å². The number of amides is 2. The van der Waals surface area contributed by atoms with Crippen molar-refractivity contribution in [1.29, 1.82) is 5.26 Å². The molecule has 196 valence electrons. The number of benzene rings is 1. The lowest BCUT2D eigenvalue weighted by Crippen LogP contribution is -2.34. The van der Waals surface area contributed by atoms with Crippen molar-refractivity contribution in [3.63, 3.8) is 0 Å². The number of ketones is 1. The standard InChI is InChI=1S/C26H35N3O5S2/c1-10-28(11-2)24(31)33-18-15(5)16(6)19(34-25(32)29(12-3)13-4)21-20(18)35-23(36-21)17(14-27)22(30)26(7,8)9/h10-13H2,1-9H3. The minimum absolute atomic E-state index is 0.0334. The van der Waals surface area contributed by atoms with Gasteiger partial charge in [0.05, 0.1) is 14.0 Å². The van der Waals surface area contributed by atoms with Crippen LogP contribution in [0.5, 0.6) is 11.5 Å². The Morgan fingerprint density at radius 3 is 1.44 bits per heavy atom. The molecule has 1 aliphatic rings. The summed E-state index contributed by atoms with van der Waals surface area (Å²) in [6.07, 6.45) is -0.987. The van der Waals surface area contributed by atoms with Crippen molar-refractivity contribution in [1.82, 2.24) is 9.80 Å². The second kappa shape index (κ2) is 12.1. The molecule has 0 radical (unpaired) electrons. The average molecular weight is 534 g/mol. The molecule has 8 nitrogen and oxygen atoms in total. The smallest absolute Gasteiger partial charge is 0.409 e. The molecule has 0 saturated heterocycles. The van der Waals surface area contributed by atoms with E-state index in [1.807, 2.05) is 27.7 Å². The van der Waals surface area contributed by atoms with Gasteiger partial charge in [0.2, 0.25) is 0 Å². The van der Waals surface area contributed by atoms with Gasteiger partial charge >= 0.3 is 12.2 Å². The Morgan fingerprint density at radius 1 is 0.806 bits per heavy atom. The van der Waals surface area contributed by atoms with Crippen LogP contribution in [-0.2, 0) is 4.79 Å². The van der Waals surface area contributed by atoms with Gasteiger partial charge in [-0.1, -0.05) is 44.3 Å². The maximum Gasteiger partial charge on any atom is 0.415 e. The van der Waals surface area contributed by atoms with Crippen molar-refractivity contribution >= 4 is 41.5 Å². The molecule has 0 N–H and O–H groups in total. The van der Waals surface area contributed by atoms with Crippen LogP contribution < -0.4 is 9.47 Å². The Bertz CT molecular complexity index is 1060. The molecule has 1 aromatic carbocycles. The maximum atomic E-state index is 13.0. The van der Waals surface area contributed by atoms with E-state index in [0.717, 1.165) is 0 Å². The van der Waals surface area contributed by atoms with Crippen LogP contribution in [0.1, 0.15) is 59.6 Å². The van der Waals surface area contributed by atoms with E-state index in [1.54, 1.807) is 44.4 Å². The topological polar surface area (TPSA) is 99.9 Å². The zero-order chi connectivity index (χ0) is 27.4. The lowest BCUT2D eigenvalue weighted by molar-refractivity contribution is -0.122. The molecule has 1 aliphatic heterocycles. The highest BCUT2D eigenvalue weighted by Gasteiger charge is 2.37. The van der Waals surface area contributed by atoms with Gasteiger partial charge in [0.25, 0.3) is 0 Å². The molecule has 1 heterocycles. The van der Waals surface area contributed by atoms with Crippen LogP contribution in [0.2, 0.25) is 0 Å².